The molecule has 6 heteroatoms. The standard InChI is InChI=1S/C4H7N5O/c5-2-1-9(7)4(10)8-3(2)6/h1H,5,7H2,(H2,6,8,10). The summed E-state index contributed by atoms with van der Waals surface area (Å²) in [6.07, 6.45) is 1.21. The predicted molar refractivity (Wildman–Crippen MR) is 37.5 cm³/mol. The van der Waals surface area contributed by atoms with E-state index in [0.717, 1.165) is 4.68 Å². The number of nitrogens with two attached hydrogens (primary N) is 3. The number of rotatable bonds is 0. The van der Waals surface area contributed by atoms with Gasteiger partial charge in [-0.2, -0.15) is 4.98 Å². The van der Waals surface area contributed by atoms with Crippen molar-refractivity contribution in [1.29, 1.82) is 0 Å². The van der Waals surface area contributed by atoms with Crippen LogP contribution in [0.15, 0.2) is 11.0 Å². The molecule has 0 aromatic carbocycles. The fourth-order valence-corrected chi connectivity index (χ4v) is 0.497. The van der Waals surface area contributed by atoms with E-state index >= 15 is 0 Å². The summed E-state index contributed by atoms with van der Waals surface area (Å²) in [4.78, 5) is 13.9. The number of nitrogens with zero attached hydrogens (tertiary/aromatic N) is 2. The predicted octanol–water partition coefficient (Wildman–Crippen LogP) is -1.88. The Balaban J connectivity index is 3.43. The monoisotopic (exact) mass is 141 g/mol. The van der Waals surface area contributed by atoms with Crippen molar-refractivity contribution in [3.05, 3.63) is 16.7 Å². The van der Waals surface area contributed by atoms with E-state index in [2.05, 4.69) is 4.98 Å². The first kappa shape index (κ1) is 6.40. The molecule has 0 aliphatic heterocycles. The molecule has 1 rings (SSSR count). The summed E-state index contributed by atoms with van der Waals surface area (Å²) in [5.41, 5.74) is 10.0. The second-order valence-electron chi connectivity index (χ2n) is 1.77. The average molecular weight is 141 g/mol. The minimum atomic E-state index is -0.619. The van der Waals surface area contributed by atoms with Gasteiger partial charge in [0.15, 0.2) is 5.82 Å². The lowest BCUT2D eigenvalue weighted by atomic mass is 10.5. The van der Waals surface area contributed by atoms with Gasteiger partial charge in [-0.25, -0.2) is 9.47 Å². The van der Waals surface area contributed by atoms with Gasteiger partial charge in [0.2, 0.25) is 0 Å². The number of hydrogen-bond donors (Lipinski definition) is 3. The van der Waals surface area contributed by atoms with E-state index in [9.17, 15) is 4.79 Å². The maximum absolute atomic E-state index is 10.6. The van der Waals surface area contributed by atoms with Gasteiger partial charge in [0, 0.05) is 0 Å². The molecule has 0 aliphatic rings. The molecule has 0 spiro atoms. The van der Waals surface area contributed by atoms with Crippen molar-refractivity contribution in [2.75, 3.05) is 17.3 Å². The maximum atomic E-state index is 10.6. The molecule has 54 valence electrons. The highest BCUT2D eigenvalue weighted by Gasteiger charge is 1.97. The van der Waals surface area contributed by atoms with Crippen LogP contribution in [0, 0.1) is 0 Å². The largest absolute Gasteiger partial charge is 0.394 e. The molecule has 0 saturated carbocycles. The highest BCUT2D eigenvalue weighted by atomic mass is 16.1. The van der Waals surface area contributed by atoms with Crippen molar-refractivity contribution in [3.63, 3.8) is 0 Å². The van der Waals surface area contributed by atoms with Crippen LogP contribution in [0.4, 0.5) is 11.5 Å². The third kappa shape index (κ3) is 0.859. The summed E-state index contributed by atoms with van der Waals surface area (Å²) in [5, 5.41) is 0. The third-order valence-electron chi connectivity index (χ3n) is 1.01. The van der Waals surface area contributed by atoms with E-state index in [0.29, 0.717) is 0 Å². The number of aromatic nitrogens is 2. The Kier molecular flexibility index (Phi) is 1.22. The first-order chi connectivity index (χ1) is 4.61. The molecule has 0 unspecified atom stereocenters. The van der Waals surface area contributed by atoms with Crippen molar-refractivity contribution < 1.29 is 0 Å². The Morgan fingerprint density at radius 3 is 2.60 bits per heavy atom. The zero-order chi connectivity index (χ0) is 7.72. The first-order valence-electron chi connectivity index (χ1n) is 2.51. The van der Waals surface area contributed by atoms with E-state index in [1.165, 1.54) is 6.20 Å². The summed E-state index contributed by atoms with van der Waals surface area (Å²) in [6.45, 7) is 0. The number of nitrogen functional groups attached to an aromatic ring is 3. The second kappa shape index (κ2) is 1.90. The lowest BCUT2D eigenvalue weighted by molar-refractivity contribution is 0.879. The molecule has 1 aromatic heterocycles. The highest BCUT2D eigenvalue weighted by Crippen LogP contribution is 2.03. The normalized spacial score (nSPS) is 9.60. The summed E-state index contributed by atoms with van der Waals surface area (Å²) >= 11 is 0. The van der Waals surface area contributed by atoms with Crippen LogP contribution in [0.5, 0.6) is 0 Å². The van der Waals surface area contributed by atoms with Gasteiger partial charge in [0.25, 0.3) is 0 Å². The lowest BCUT2D eigenvalue weighted by Gasteiger charge is -1.99. The molecule has 10 heavy (non-hydrogen) atoms. The van der Waals surface area contributed by atoms with Crippen LogP contribution in [0.25, 0.3) is 0 Å². The minimum absolute atomic E-state index is 0.00620. The van der Waals surface area contributed by atoms with Crippen molar-refractivity contribution >= 4 is 11.5 Å². The Morgan fingerprint density at radius 1 is 1.50 bits per heavy atom. The summed E-state index contributed by atoms with van der Waals surface area (Å²) in [5.74, 6) is 5.10. The van der Waals surface area contributed by atoms with Crippen LogP contribution in [0.3, 0.4) is 0 Å². The van der Waals surface area contributed by atoms with E-state index in [1.54, 1.807) is 0 Å². The Bertz CT molecular complexity index is 303. The quantitative estimate of drug-likeness (QED) is 0.366. The SMILES string of the molecule is Nc1cn(N)c(=O)nc1N. The van der Waals surface area contributed by atoms with Crippen LogP contribution in [0.2, 0.25) is 0 Å². The third-order valence-corrected chi connectivity index (χ3v) is 1.01. The van der Waals surface area contributed by atoms with Gasteiger partial charge in [-0.3, -0.25) is 0 Å². The molecule has 0 saturated heterocycles. The molecule has 0 radical (unpaired) electrons. The van der Waals surface area contributed by atoms with E-state index < -0.39 is 5.69 Å². The van der Waals surface area contributed by atoms with Gasteiger partial charge in [0.1, 0.15) is 0 Å². The van der Waals surface area contributed by atoms with E-state index in [-0.39, 0.29) is 11.5 Å². The van der Waals surface area contributed by atoms with Crippen LogP contribution in [-0.2, 0) is 0 Å². The molecule has 6 nitrogen and oxygen atoms in total. The van der Waals surface area contributed by atoms with E-state index in [1.807, 2.05) is 0 Å². The molecular weight excluding hydrogens is 134 g/mol. The molecule has 0 amide bonds. The Morgan fingerprint density at radius 2 is 2.10 bits per heavy atom. The molecule has 0 bridgehead atoms. The second-order valence-corrected chi connectivity index (χ2v) is 1.77. The van der Waals surface area contributed by atoms with Crippen LogP contribution >= 0.6 is 0 Å². The number of hydrogen-bond acceptors (Lipinski definition) is 5. The molecule has 1 heterocycles. The van der Waals surface area contributed by atoms with Gasteiger partial charge in [-0.05, 0) is 0 Å². The topological polar surface area (TPSA) is 113 Å². The molecule has 6 N–H and O–H groups in total. The summed E-state index contributed by atoms with van der Waals surface area (Å²) in [6, 6.07) is 0. The molecule has 0 aliphatic carbocycles. The van der Waals surface area contributed by atoms with Gasteiger partial charge >= 0.3 is 5.69 Å². The minimum Gasteiger partial charge on any atom is -0.394 e. The van der Waals surface area contributed by atoms with Crippen molar-refractivity contribution in [1.82, 2.24) is 9.66 Å². The molecular formula is C4H7N5O. The van der Waals surface area contributed by atoms with Gasteiger partial charge in [-0.15, -0.1) is 0 Å². The van der Waals surface area contributed by atoms with Gasteiger partial charge in [0.05, 0.1) is 11.9 Å². The highest BCUT2D eigenvalue weighted by molar-refractivity contribution is 5.55. The van der Waals surface area contributed by atoms with Crippen molar-refractivity contribution in [2.24, 2.45) is 0 Å². The Hall–Kier alpha value is -1.72. The number of anilines is 2. The Labute approximate surface area is 56.2 Å². The smallest absolute Gasteiger partial charge is 0.367 e. The zero-order valence-electron chi connectivity index (χ0n) is 5.11. The van der Waals surface area contributed by atoms with Gasteiger partial charge in [-0.1, -0.05) is 0 Å². The maximum Gasteiger partial charge on any atom is 0.367 e. The summed E-state index contributed by atoms with van der Waals surface area (Å²) < 4.78 is 0.770. The van der Waals surface area contributed by atoms with E-state index in [4.69, 9.17) is 17.3 Å². The average Bonchev–Trinajstić information content (AvgIpc) is 1.84. The lowest BCUT2D eigenvalue weighted by Crippen LogP contribution is -2.30. The van der Waals surface area contributed by atoms with Crippen LogP contribution in [0.1, 0.15) is 0 Å². The van der Waals surface area contributed by atoms with Crippen LogP contribution < -0.4 is 23.0 Å². The van der Waals surface area contributed by atoms with Crippen molar-refractivity contribution in [3.8, 4) is 0 Å². The van der Waals surface area contributed by atoms with Crippen LogP contribution in [-0.4, -0.2) is 9.66 Å². The fourth-order valence-electron chi connectivity index (χ4n) is 0.497. The zero-order valence-corrected chi connectivity index (χ0v) is 5.11. The van der Waals surface area contributed by atoms with Crippen molar-refractivity contribution in [2.45, 2.75) is 0 Å². The molecule has 1 aromatic rings. The molecule has 0 atom stereocenters. The summed E-state index contributed by atoms with van der Waals surface area (Å²) in [7, 11) is 0. The first-order valence-corrected chi connectivity index (χ1v) is 2.51. The fraction of sp³-hybridized carbons (Fsp3) is 0. The molecule has 0 fully saturated rings. The van der Waals surface area contributed by atoms with Gasteiger partial charge < -0.3 is 17.3 Å².